The molecule has 0 atom stereocenters. The number of fused-ring (bicyclic) bond motifs is 1. The van der Waals surface area contributed by atoms with Gasteiger partial charge in [-0.3, -0.25) is 14.5 Å². The number of aryl methyl sites for hydroxylation is 1. The van der Waals surface area contributed by atoms with Gasteiger partial charge in [0.05, 0.1) is 5.69 Å². The Bertz CT molecular complexity index is 943. The third-order valence-corrected chi connectivity index (χ3v) is 6.26. The minimum Gasteiger partial charge on any atom is -0.367 e. The summed E-state index contributed by atoms with van der Waals surface area (Å²) in [6.45, 7) is 4.88. The van der Waals surface area contributed by atoms with E-state index in [0.717, 1.165) is 63.2 Å². The van der Waals surface area contributed by atoms with Gasteiger partial charge in [0, 0.05) is 44.8 Å². The number of nitrogens with one attached hydrogen (secondary N) is 1. The summed E-state index contributed by atoms with van der Waals surface area (Å²) in [6, 6.07) is 14.8. The van der Waals surface area contributed by atoms with Crippen molar-refractivity contribution >= 4 is 23.2 Å². The summed E-state index contributed by atoms with van der Waals surface area (Å²) in [5.74, 6) is -0.286. The molecule has 0 unspecified atom stereocenters. The minimum absolute atomic E-state index is 0.0119. The second kappa shape index (κ2) is 10.6. The lowest BCUT2D eigenvalue weighted by Gasteiger charge is -2.36. The number of carbonyl (C=O) groups excluding carboxylic acids is 2. The molecular formula is C25H31FN4O2. The largest absolute Gasteiger partial charge is 0.367 e. The van der Waals surface area contributed by atoms with E-state index in [1.165, 1.54) is 6.07 Å². The molecule has 1 N–H and O–H groups in total. The van der Waals surface area contributed by atoms with Crippen LogP contribution in [0.25, 0.3) is 0 Å². The summed E-state index contributed by atoms with van der Waals surface area (Å²) in [7, 11) is 0. The number of benzene rings is 2. The number of amides is 2. The molecule has 1 fully saturated rings. The van der Waals surface area contributed by atoms with Crippen molar-refractivity contribution in [1.82, 2.24) is 10.2 Å². The Kier molecular flexibility index (Phi) is 7.37. The van der Waals surface area contributed by atoms with E-state index in [1.54, 1.807) is 11.0 Å². The third kappa shape index (κ3) is 5.46. The molecule has 4 rings (SSSR count). The fraction of sp³-hybridized carbons (Fsp3) is 0.440. The Labute approximate surface area is 189 Å². The van der Waals surface area contributed by atoms with E-state index in [2.05, 4.69) is 15.1 Å². The van der Waals surface area contributed by atoms with Crippen molar-refractivity contribution < 1.29 is 14.0 Å². The topological polar surface area (TPSA) is 55.9 Å². The van der Waals surface area contributed by atoms with Crippen LogP contribution in [0, 0.1) is 5.82 Å². The van der Waals surface area contributed by atoms with Crippen LogP contribution in [-0.4, -0.2) is 62.5 Å². The standard InChI is InChI=1S/C25H31FN4O2/c26-21-9-2-4-11-23(21)29-17-15-28(16-18-29)14-6-13-27-24(31)19-30-22-10-3-1-7-20(22)8-5-12-25(30)32/h1-4,7,9-11H,5-6,8,12-19H2,(H,27,31). The zero-order valence-corrected chi connectivity index (χ0v) is 18.4. The second-order valence-electron chi connectivity index (χ2n) is 8.45. The monoisotopic (exact) mass is 438 g/mol. The molecule has 0 bridgehead atoms. The maximum absolute atomic E-state index is 14.0. The number of rotatable bonds is 7. The highest BCUT2D eigenvalue weighted by Crippen LogP contribution is 2.26. The van der Waals surface area contributed by atoms with Crippen molar-refractivity contribution in [2.24, 2.45) is 0 Å². The normalized spacial score (nSPS) is 17.1. The van der Waals surface area contributed by atoms with Gasteiger partial charge >= 0.3 is 0 Å². The van der Waals surface area contributed by atoms with Crippen molar-refractivity contribution in [3.63, 3.8) is 0 Å². The average Bonchev–Trinajstić information content (AvgIpc) is 2.96. The van der Waals surface area contributed by atoms with E-state index < -0.39 is 0 Å². The van der Waals surface area contributed by atoms with Crippen LogP contribution < -0.4 is 15.1 Å². The second-order valence-corrected chi connectivity index (χ2v) is 8.45. The molecule has 170 valence electrons. The molecule has 2 aliphatic rings. The summed E-state index contributed by atoms with van der Waals surface area (Å²) in [4.78, 5) is 31.1. The molecule has 0 spiro atoms. The molecule has 0 aromatic heterocycles. The Morgan fingerprint density at radius 3 is 2.44 bits per heavy atom. The van der Waals surface area contributed by atoms with E-state index in [4.69, 9.17) is 0 Å². The molecule has 2 aliphatic heterocycles. The van der Waals surface area contributed by atoms with Gasteiger partial charge in [0.1, 0.15) is 12.4 Å². The number of nitrogens with zero attached hydrogens (tertiary/aromatic N) is 3. The zero-order chi connectivity index (χ0) is 22.3. The van der Waals surface area contributed by atoms with Crippen LogP contribution in [0.2, 0.25) is 0 Å². The number of carbonyl (C=O) groups is 2. The van der Waals surface area contributed by atoms with Crippen LogP contribution in [0.1, 0.15) is 24.8 Å². The Hall–Kier alpha value is -2.93. The fourth-order valence-corrected chi connectivity index (χ4v) is 4.51. The fourth-order valence-electron chi connectivity index (χ4n) is 4.51. The van der Waals surface area contributed by atoms with Crippen LogP contribution in [0.5, 0.6) is 0 Å². The third-order valence-electron chi connectivity index (χ3n) is 6.26. The van der Waals surface area contributed by atoms with Gasteiger partial charge in [0.15, 0.2) is 0 Å². The molecule has 6 nitrogen and oxygen atoms in total. The highest BCUT2D eigenvalue weighted by molar-refractivity contribution is 5.99. The van der Waals surface area contributed by atoms with Crippen LogP contribution in [0.4, 0.5) is 15.8 Å². The summed E-state index contributed by atoms with van der Waals surface area (Å²) < 4.78 is 14.0. The molecule has 32 heavy (non-hydrogen) atoms. The van der Waals surface area contributed by atoms with E-state index in [-0.39, 0.29) is 24.2 Å². The van der Waals surface area contributed by atoms with Crippen LogP contribution in [0.3, 0.4) is 0 Å². The molecule has 7 heteroatoms. The SMILES string of the molecule is O=C(CN1C(=O)CCCc2ccccc21)NCCCN1CCN(c2ccccc2F)CC1. The van der Waals surface area contributed by atoms with Gasteiger partial charge in [-0.25, -0.2) is 4.39 Å². The van der Waals surface area contributed by atoms with Gasteiger partial charge in [-0.05, 0) is 49.6 Å². The first-order valence-electron chi connectivity index (χ1n) is 11.5. The van der Waals surface area contributed by atoms with Gasteiger partial charge in [-0.2, -0.15) is 0 Å². The van der Waals surface area contributed by atoms with Gasteiger partial charge in [0.2, 0.25) is 11.8 Å². The van der Waals surface area contributed by atoms with Gasteiger partial charge < -0.3 is 15.1 Å². The molecule has 2 aromatic rings. The van der Waals surface area contributed by atoms with Crippen LogP contribution >= 0.6 is 0 Å². The highest BCUT2D eigenvalue weighted by atomic mass is 19.1. The smallest absolute Gasteiger partial charge is 0.240 e. The quantitative estimate of drug-likeness (QED) is 0.676. The lowest BCUT2D eigenvalue weighted by Crippen LogP contribution is -2.47. The van der Waals surface area contributed by atoms with Crippen LogP contribution in [0.15, 0.2) is 48.5 Å². The summed E-state index contributed by atoms with van der Waals surface area (Å²) in [5, 5.41) is 2.96. The van der Waals surface area contributed by atoms with Gasteiger partial charge in [0.25, 0.3) is 0 Å². The summed E-state index contributed by atoms with van der Waals surface area (Å²) in [6.07, 6.45) is 3.00. The highest BCUT2D eigenvalue weighted by Gasteiger charge is 2.24. The van der Waals surface area contributed by atoms with E-state index in [9.17, 15) is 14.0 Å². The number of piperazine rings is 1. The van der Waals surface area contributed by atoms with E-state index in [0.29, 0.717) is 18.7 Å². The minimum atomic E-state index is -0.172. The molecule has 2 amide bonds. The van der Waals surface area contributed by atoms with Gasteiger partial charge in [-0.1, -0.05) is 30.3 Å². The average molecular weight is 439 g/mol. The Morgan fingerprint density at radius 2 is 1.66 bits per heavy atom. The predicted molar refractivity (Wildman–Crippen MR) is 124 cm³/mol. The first kappa shape index (κ1) is 22.3. The lowest BCUT2D eigenvalue weighted by molar-refractivity contribution is -0.123. The Morgan fingerprint density at radius 1 is 0.938 bits per heavy atom. The van der Waals surface area contributed by atoms with Crippen molar-refractivity contribution in [2.75, 3.05) is 55.6 Å². The Balaban J connectivity index is 1.18. The van der Waals surface area contributed by atoms with E-state index >= 15 is 0 Å². The number of hydrogen-bond acceptors (Lipinski definition) is 4. The number of anilines is 2. The lowest BCUT2D eigenvalue weighted by atomic mass is 10.1. The van der Waals surface area contributed by atoms with E-state index in [1.807, 2.05) is 36.4 Å². The van der Waals surface area contributed by atoms with Crippen LogP contribution in [-0.2, 0) is 16.0 Å². The number of halogens is 1. The first-order valence-corrected chi connectivity index (χ1v) is 11.5. The number of para-hydroxylation sites is 2. The maximum Gasteiger partial charge on any atom is 0.240 e. The predicted octanol–water partition coefficient (Wildman–Crippen LogP) is 2.82. The van der Waals surface area contributed by atoms with Crippen molar-refractivity contribution in [3.8, 4) is 0 Å². The van der Waals surface area contributed by atoms with Gasteiger partial charge in [-0.15, -0.1) is 0 Å². The summed E-state index contributed by atoms with van der Waals surface area (Å²) in [5.41, 5.74) is 2.66. The summed E-state index contributed by atoms with van der Waals surface area (Å²) >= 11 is 0. The molecular weight excluding hydrogens is 407 g/mol. The van der Waals surface area contributed by atoms with Crippen molar-refractivity contribution in [1.29, 1.82) is 0 Å². The first-order chi connectivity index (χ1) is 15.6. The van der Waals surface area contributed by atoms with Crippen molar-refractivity contribution in [2.45, 2.75) is 25.7 Å². The maximum atomic E-state index is 14.0. The molecule has 2 heterocycles. The zero-order valence-electron chi connectivity index (χ0n) is 18.4. The molecule has 1 saturated heterocycles. The molecule has 2 aromatic carbocycles. The van der Waals surface area contributed by atoms with Crippen molar-refractivity contribution in [3.05, 3.63) is 59.9 Å². The molecule has 0 aliphatic carbocycles. The number of hydrogen-bond donors (Lipinski definition) is 1. The molecule has 0 radical (unpaired) electrons. The molecule has 0 saturated carbocycles.